The number of nitrogens with zero attached hydrogens (tertiary/aromatic N) is 1. The molecule has 0 spiro atoms. The largest absolute Gasteiger partial charge is 0.388 e. The van der Waals surface area contributed by atoms with Crippen LogP contribution in [0.15, 0.2) is 18.3 Å². The Bertz CT molecular complexity index is 402. The number of nitrogens with two attached hydrogens (primary N) is 1. The summed E-state index contributed by atoms with van der Waals surface area (Å²) < 4.78 is 0. The highest BCUT2D eigenvalue weighted by atomic mass is 32.1. The standard InChI is InChI=1S/C14H21N3S/c1-10-3-2-4-11(6-5-10)17-12-7-8-13(14(15)18)16-9-12/h7-11,17H,2-6H2,1H3,(H2,15,18). The zero-order valence-electron chi connectivity index (χ0n) is 10.9. The number of pyridine rings is 1. The van der Waals surface area contributed by atoms with Crippen LogP contribution in [0.25, 0.3) is 0 Å². The van der Waals surface area contributed by atoms with Gasteiger partial charge < -0.3 is 11.1 Å². The van der Waals surface area contributed by atoms with Crippen LogP contribution in [0.3, 0.4) is 0 Å². The molecule has 18 heavy (non-hydrogen) atoms. The molecule has 4 heteroatoms. The van der Waals surface area contributed by atoms with Crippen LogP contribution in [-0.4, -0.2) is 16.0 Å². The lowest BCUT2D eigenvalue weighted by atomic mass is 10.0. The van der Waals surface area contributed by atoms with Gasteiger partial charge in [-0.15, -0.1) is 0 Å². The van der Waals surface area contributed by atoms with E-state index in [4.69, 9.17) is 18.0 Å². The molecule has 1 fully saturated rings. The first-order valence-electron chi connectivity index (χ1n) is 6.67. The molecule has 1 aliphatic rings. The first kappa shape index (κ1) is 13.3. The molecular weight excluding hydrogens is 242 g/mol. The fourth-order valence-corrected chi connectivity index (χ4v) is 2.61. The van der Waals surface area contributed by atoms with Gasteiger partial charge in [0.05, 0.1) is 17.6 Å². The molecule has 0 amide bonds. The number of aromatic nitrogens is 1. The van der Waals surface area contributed by atoms with Crippen molar-refractivity contribution in [3.05, 3.63) is 24.0 Å². The molecule has 98 valence electrons. The zero-order chi connectivity index (χ0) is 13.0. The molecule has 0 radical (unpaired) electrons. The smallest absolute Gasteiger partial charge is 0.122 e. The van der Waals surface area contributed by atoms with Gasteiger partial charge in [0.1, 0.15) is 4.99 Å². The van der Waals surface area contributed by atoms with Crippen LogP contribution in [0.4, 0.5) is 5.69 Å². The van der Waals surface area contributed by atoms with Crippen LogP contribution in [0, 0.1) is 5.92 Å². The van der Waals surface area contributed by atoms with E-state index in [9.17, 15) is 0 Å². The number of rotatable bonds is 3. The monoisotopic (exact) mass is 263 g/mol. The lowest BCUT2D eigenvalue weighted by Crippen LogP contribution is -2.19. The molecule has 3 N–H and O–H groups in total. The van der Waals surface area contributed by atoms with E-state index in [1.54, 1.807) is 0 Å². The quantitative estimate of drug-likeness (QED) is 0.650. The summed E-state index contributed by atoms with van der Waals surface area (Å²) in [5, 5.41) is 3.56. The van der Waals surface area contributed by atoms with Crippen molar-refractivity contribution in [3.8, 4) is 0 Å². The van der Waals surface area contributed by atoms with Crippen molar-refractivity contribution < 1.29 is 0 Å². The molecule has 2 unspecified atom stereocenters. The second-order valence-electron chi connectivity index (χ2n) is 5.25. The molecule has 0 saturated heterocycles. The Hall–Kier alpha value is -1.16. The number of thiocarbonyl (C=S) groups is 1. The topological polar surface area (TPSA) is 50.9 Å². The van der Waals surface area contributed by atoms with Crippen LogP contribution in [0.2, 0.25) is 0 Å². The number of hydrogen-bond donors (Lipinski definition) is 2. The number of anilines is 1. The summed E-state index contributed by atoms with van der Waals surface area (Å²) in [4.78, 5) is 4.61. The number of hydrogen-bond acceptors (Lipinski definition) is 3. The molecule has 2 rings (SSSR count). The van der Waals surface area contributed by atoms with Gasteiger partial charge >= 0.3 is 0 Å². The lowest BCUT2D eigenvalue weighted by Gasteiger charge is -2.17. The third kappa shape index (κ3) is 3.67. The summed E-state index contributed by atoms with van der Waals surface area (Å²) in [6.07, 6.45) is 8.31. The molecule has 0 bridgehead atoms. The zero-order valence-corrected chi connectivity index (χ0v) is 11.7. The van der Waals surface area contributed by atoms with Gasteiger partial charge in [-0.25, -0.2) is 0 Å². The van der Waals surface area contributed by atoms with Crippen molar-refractivity contribution >= 4 is 22.9 Å². The van der Waals surface area contributed by atoms with Gasteiger partial charge in [-0.3, -0.25) is 4.98 Å². The van der Waals surface area contributed by atoms with E-state index >= 15 is 0 Å². The van der Waals surface area contributed by atoms with Crippen LogP contribution < -0.4 is 11.1 Å². The Morgan fingerprint density at radius 3 is 2.83 bits per heavy atom. The minimum atomic E-state index is 0.352. The van der Waals surface area contributed by atoms with Crippen LogP contribution >= 0.6 is 12.2 Å². The molecule has 3 nitrogen and oxygen atoms in total. The maximum atomic E-state index is 5.53. The fraction of sp³-hybridized carbons (Fsp3) is 0.571. The third-order valence-corrected chi connectivity index (χ3v) is 3.85. The highest BCUT2D eigenvalue weighted by Gasteiger charge is 2.15. The van der Waals surface area contributed by atoms with Crippen LogP contribution in [0.5, 0.6) is 0 Å². The summed E-state index contributed by atoms with van der Waals surface area (Å²) in [7, 11) is 0. The third-order valence-electron chi connectivity index (χ3n) is 3.64. The minimum absolute atomic E-state index is 0.352. The first-order valence-corrected chi connectivity index (χ1v) is 7.08. The minimum Gasteiger partial charge on any atom is -0.388 e. The first-order chi connectivity index (χ1) is 8.65. The highest BCUT2D eigenvalue weighted by molar-refractivity contribution is 7.80. The highest BCUT2D eigenvalue weighted by Crippen LogP contribution is 2.24. The molecule has 1 saturated carbocycles. The van der Waals surface area contributed by atoms with Crippen molar-refractivity contribution in [3.63, 3.8) is 0 Å². The fourth-order valence-electron chi connectivity index (χ4n) is 2.49. The summed E-state index contributed by atoms with van der Waals surface area (Å²) in [6, 6.07) is 4.47. The normalized spacial score (nSPS) is 24.3. The summed E-state index contributed by atoms with van der Waals surface area (Å²) in [5.41, 5.74) is 7.28. The van der Waals surface area contributed by atoms with Crippen molar-refractivity contribution in [1.82, 2.24) is 4.98 Å². The Labute approximate surface area is 114 Å². The summed E-state index contributed by atoms with van der Waals surface area (Å²) in [6.45, 7) is 2.35. The van der Waals surface area contributed by atoms with Crippen molar-refractivity contribution in [1.29, 1.82) is 0 Å². The Morgan fingerprint density at radius 1 is 1.33 bits per heavy atom. The van der Waals surface area contributed by atoms with E-state index in [1.807, 2.05) is 18.3 Å². The van der Waals surface area contributed by atoms with Gasteiger partial charge in [0.25, 0.3) is 0 Å². The van der Waals surface area contributed by atoms with Gasteiger partial charge in [0.15, 0.2) is 0 Å². The molecule has 1 heterocycles. The summed E-state index contributed by atoms with van der Waals surface area (Å²) in [5.74, 6) is 0.868. The molecule has 1 aromatic heterocycles. The second kappa shape index (κ2) is 6.14. The Kier molecular flexibility index (Phi) is 4.53. The van der Waals surface area contributed by atoms with Crippen LogP contribution in [-0.2, 0) is 0 Å². The van der Waals surface area contributed by atoms with Crippen LogP contribution in [0.1, 0.15) is 44.7 Å². The average Bonchev–Trinajstić information content (AvgIpc) is 2.55. The van der Waals surface area contributed by atoms with E-state index in [1.165, 1.54) is 32.1 Å². The summed E-state index contributed by atoms with van der Waals surface area (Å²) >= 11 is 4.89. The van der Waals surface area contributed by atoms with Gasteiger partial charge in [0.2, 0.25) is 0 Å². The maximum absolute atomic E-state index is 5.53. The lowest BCUT2D eigenvalue weighted by molar-refractivity contribution is 0.502. The van der Waals surface area contributed by atoms with E-state index in [-0.39, 0.29) is 0 Å². The van der Waals surface area contributed by atoms with Gasteiger partial charge in [-0.2, -0.15) is 0 Å². The van der Waals surface area contributed by atoms with E-state index < -0.39 is 0 Å². The number of nitrogens with one attached hydrogen (secondary N) is 1. The molecule has 2 atom stereocenters. The second-order valence-corrected chi connectivity index (χ2v) is 5.69. The maximum Gasteiger partial charge on any atom is 0.122 e. The van der Waals surface area contributed by atoms with Crippen molar-refractivity contribution in [2.45, 2.75) is 45.1 Å². The Balaban J connectivity index is 1.94. The SMILES string of the molecule is CC1CCCC(Nc2ccc(C(N)=S)nc2)CC1. The molecule has 0 aromatic carbocycles. The molecule has 0 aliphatic heterocycles. The Morgan fingerprint density at radius 2 is 2.17 bits per heavy atom. The molecule has 1 aliphatic carbocycles. The van der Waals surface area contributed by atoms with Crippen molar-refractivity contribution in [2.24, 2.45) is 11.7 Å². The van der Waals surface area contributed by atoms with Gasteiger partial charge in [0, 0.05) is 6.04 Å². The van der Waals surface area contributed by atoms with E-state index in [0.717, 1.165) is 11.6 Å². The predicted octanol–water partition coefficient (Wildman–Crippen LogP) is 3.10. The molecular formula is C14H21N3S. The average molecular weight is 263 g/mol. The van der Waals surface area contributed by atoms with Crippen molar-refractivity contribution in [2.75, 3.05) is 5.32 Å². The molecule has 1 aromatic rings. The van der Waals surface area contributed by atoms with Gasteiger partial charge in [-0.1, -0.05) is 32.0 Å². The predicted molar refractivity (Wildman–Crippen MR) is 79.8 cm³/mol. The van der Waals surface area contributed by atoms with Gasteiger partial charge in [-0.05, 0) is 37.3 Å². The van der Waals surface area contributed by atoms with E-state index in [0.29, 0.717) is 16.7 Å². The van der Waals surface area contributed by atoms with E-state index in [2.05, 4.69) is 17.2 Å².